The van der Waals surface area contributed by atoms with Gasteiger partial charge in [-0.15, -0.1) is 11.8 Å². The molecule has 0 aromatic rings. The molecular formula is C17H31N3O6S. The number of hydrogen-bond donors (Lipinski definition) is 4. The highest BCUT2D eigenvalue weighted by Crippen LogP contribution is 2.22. The van der Waals surface area contributed by atoms with E-state index in [9.17, 15) is 19.2 Å². The summed E-state index contributed by atoms with van der Waals surface area (Å²) in [6.07, 6.45) is 2.54. The predicted octanol–water partition coefficient (Wildman–Crippen LogP) is 2.03. The highest BCUT2D eigenvalue weighted by Gasteiger charge is 2.25. The van der Waals surface area contributed by atoms with E-state index in [0.29, 0.717) is 6.42 Å². The number of carboxylic acids is 2. The molecule has 0 radical (unpaired) electrons. The van der Waals surface area contributed by atoms with Crippen LogP contribution in [-0.2, 0) is 19.2 Å². The lowest BCUT2D eigenvalue weighted by molar-refractivity contribution is -0.142. The van der Waals surface area contributed by atoms with Crippen molar-refractivity contribution in [2.45, 2.75) is 45.3 Å². The highest BCUT2D eigenvalue weighted by atomic mass is 32.2. The molecule has 0 aromatic carbocycles. The number of carbonyl (C=O) groups excluding carboxylic acids is 2. The van der Waals surface area contributed by atoms with Gasteiger partial charge in [0.25, 0.3) is 0 Å². The summed E-state index contributed by atoms with van der Waals surface area (Å²) in [7, 11) is 3.24. The second-order valence-corrected chi connectivity index (χ2v) is 6.71. The molecular weight excluding hydrogens is 374 g/mol. The van der Waals surface area contributed by atoms with Gasteiger partial charge in [-0.3, -0.25) is 19.2 Å². The minimum Gasteiger partial charge on any atom is -0.481 e. The Labute approximate surface area is 164 Å². The van der Waals surface area contributed by atoms with Gasteiger partial charge >= 0.3 is 11.9 Å². The number of nitrogens with zero attached hydrogens (tertiary/aromatic N) is 1. The van der Waals surface area contributed by atoms with E-state index in [1.807, 2.05) is 0 Å². The topological polar surface area (TPSA) is 160 Å². The summed E-state index contributed by atoms with van der Waals surface area (Å²) in [5.74, 6) is -2.90. The van der Waals surface area contributed by atoms with Crippen LogP contribution in [0.1, 0.15) is 40.0 Å². The molecule has 27 heavy (non-hydrogen) atoms. The van der Waals surface area contributed by atoms with Crippen LogP contribution in [0.5, 0.6) is 0 Å². The number of Topliss-reactive ketones (excluding diaryl/α,β-unsaturated/α-hetero) is 1. The van der Waals surface area contributed by atoms with Gasteiger partial charge in [0.05, 0.1) is 6.42 Å². The van der Waals surface area contributed by atoms with E-state index in [0.717, 1.165) is 11.8 Å². The van der Waals surface area contributed by atoms with Crippen molar-refractivity contribution in [1.29, 1.82) is 10.8 Å². The summed E-state index contributed by atoms with van der Waals surface area (Å²) in [6.45, 7) is 4.72. The van der Waals surface area contributed by atoms with Crippen molar-refractivity contribution in [3.05, 3.63) is 0 Å². The molecule has 10 heteroatoms. The summed E-state index contributed by atoms with van der Waals surface area (Å²) in [6, 6.07) is 0. The number of carboxylic acid groups (broad SMARTS) is 2. The largest absolute Gasteiger partial charge is 0.481 e. The van der Waals surface area contributed by atoms with Crippen LogP contribution >= 0.6 is 11.8 Å². The van der Waals surface area contributed by atoms with Crippen molar-refractivity contribution >= 4 is 47.8 Å². The zero-order valence-electron chi connectivity index (χ0n) is 16.5. The molecule has 0 heterocycles. The molecule has 0 aromatic heterocycles. The lowest BCUT2D eigenvalue weighted by Gasteiger charge is -2.17. The maximum atomic E-state index is 11.5. The summed E-state index contributed by atoms with van der Waals surface area (Å²) in [5.41, 5.74) is 0. The Morgan fingerprint density at radius 3 is 1.81 bits per heavy atom. The summed E-state index contributed by atoms with van der Waals surface area (Å²) in [4.78, 5) is 46.0. The van der Waals surface area contributed by atoms with Gasteiger partial charge in [-0.2, -0.15) is 0 Å². The van der Waals surface area contributed by atoms with Crippen LogP contribution in [0, 0.1) is 16.7 Å². The molecule has 0 saturated carbocycles. The fourth-order valence-electron chi connectivity index (χ4n) is 1.53. The number of carbonyl (C=O) groups is 4. The zero-order valence-corrected chi connectivity index (χ0v) is 17.3. The quantitative estimate of drug-likeness (QED) is 0.404. The fourth-order valence-corrected chi connectivity index (χ4v) is 2.80. The second kappa shape index (κ2) is 18.6. The van der Waals surface area contributed by atoms with Gasteiger partial charge in [0.15, 0.2) is 0 Å². The summed E-state index contributed by atoms with van der Waals surface area (Å²) < 4.78 is 0. The SMILES string of the molecule is CC(=O)C(CCC(=O)N(C)C)CSC(CC(=O)O)C(=O)O.CC=N.CC=N. The molecule has 2 atom stereocenters. The molecule has 0 rings (SSSR count). The molecule has 4 N–H and O–H groups in total. The van der Waals surface area contributed by atoms with E-state index in [2.05, 4.69) is 0 Å². The van der Waals surface area contributed by atoms with Crippen LogP contribution in [0.4, 0.5) is 0 Å². The third-order valence-electron chi connectivity index (χ3n) is 2.91. The van der Waals surface area contributed by atoms with E-state index in [-0.39, 0.29) is 23.9 Å². The number of rotatable bonds is 10. The third kappa shape index (κ3) is 19.9. The molecule has 156 valence electrons. The number of hydrogen-bond acceptors (Lipinski definition) is 7. The average Bonchev–Trinajstić information content (AvgIpc) is 2.53. The molecule has 9 nitrogen and oxygen atoms in total. The van der Waals surface area contributed by atoms with Crippen molar-refractivity contribution in [1.82, 2.24) is 4.90 Å². The van der Waals surface area contributed by atoms with Gasteiger partial charge in [-0.05, 0) is 39.6 Å². The number of ketones is 1. The average molecular weight is 406 g/mol. The molecule has 0 spiro atoms. The van der Waals surface area contributed by atoms with Crippen LogP contribution in [0.15, 0.2) is 0 Å². The fraction of sp³-hybridized carbons (Fsp3) is 0.647. The van der Waals surface area contributed by atoms with Crippen LogP contribution in [0.2, 0.25) is 0 Å². The molecule has 0 fully saturated rings. The molecule has 0 aliphatic carbocycles. The van der Waals surface area contributed by atoms with Crippen molar-refractivity contribution in [2.75, 3.05) is 19.8 Å². The zero-order chi connectivity index (χ0) is 22.0. The van der Waals surface area contributed by atoms with E-state index in [1.165, 1.54) is 24.3 Å². The molecule has 0 saturated heterocycles. The van der Waals surface area contributed by atoms with Crippen LogP contribution in [0.25, 0.3) is 0 Å². The standard InChI is InChI=1S/C13H21NO6S.2C2H5N/c1-8(15)9(4-5-11(16)14(2)3)7-21-10(13(19)20)6-12(17)18;2*1-2-3/h9-10H,4-7H2,1-3H3,(H,17,18)(H,19,20);2*2-3H,1H3. The Morgan fingerprint density at radius 1 is 1.07 bits per heavy atom. The third-order valence-corrected chi connectivity index (χ3v) is 4.28. The molecule has 2 unspecified atom stereocenters. The Bertz CT molecular complexity index is 491. The minimum atomic E-state index is -1.21. The van der Waals surface area contributed by atoms with E-state index in [4.69, 9.17) is 21.0 Å². The molecule has 0 aliphatic rings. The second-order valence-electron chi connectivity index (χ2n) is 5.47. The Balaban J connectivity index is -0.000000840. The highest BCUT2D eigenvalue weighted by molar-refractivity contribution is 8.00. The summed E-state index contributed by atoms with van der Waals surface area (Å²) in [5, 5.41) is 28.7. The van der Waals surface area contributed by atoms with E-state index in [1.54, 1.807) is 27.9 Å². The Hall–Kier alpha value is -2.23. The monoisotopic (exact) mass is 405 g/mol. The normalized spacial score (nSPS) is 11.3. The number of amides is 1. The first-order chi connectivity index (χ1) is 12.5. The Kier molecular flexibility index (Phi) is 20.3. The van der Waals surface area contributed by atoms with E-state index < -0.39 is 29.5 Å². The van der Waals surface area contributed by atoms with Gasteiger partial charge < -0.3 is 25.9 Å². The Morgan fingerprint density at radius 2 is 1.52 bits per heavy atom. The number of thioether (sulfide) groups is 1. The van der Waals surface area contributed by atoms with Crippen molar-refractivity contribution in [3.63, 3.8) is 0 Å². The van der Waals surface area contributed by atoms with Gasteiger partial charge in [-0.25, -0.2) is 0 Å². The van der Waals surface area contributed by atoms with Crippen molar-refractivity contribution < 1.29 is 29.4 Å². The van der Waals surface area contributed by atoms with Crippen LogP contribution in [-0.4, -0.2) is 76.3 Å². The lowest BCUT2D eigenvalue weighted by Crippen LogP contribution is -2.26. The van der Waals surface area contributed by atoms with Crippen LogP contribution in [0.3, 0.4) is 0 Å². The first-order valence-corrected chi connectivity index (χ1v) is 9.20. The van der Waals surface area contributed by atoms with Gasteiger partial charge in [0, 0.05) is 32.2 Å². The molecule has 0 aliphatic heterocycles. The van der Waals surface area contributed by atoms with Crippen LogP contribution < -0.4 is 0 Å². The predicted molar refractivity (Wildman–Crippen MR) is 107 cm³/mol. The smallest absolute Gasteiger partial charge is 0.317 e. The minimum absolute atomic E-state index is 0.105. The molecule has 0 bridgehead atoms. The first kappa shape index (κ1) is 29.5. The van der Waals surface area contributed by atoms with Crippen molar-refractivity contribution in [3.8, 4) is 0 Å². The van der Waals surface area contributed by atoms with Gasteiger partial charge in [-0.1, -0.05) is 0 Å². The maximum absolute atomic E-state index is 11.5. The molecule has 1 amide bonds. The first-order valence-electron chi connectivity index (χ1n) is 8.15. The van der Waals surface area contributed by atoms with Crippen molar-refractivity contribution in [2.24, 2.45) is 5.92 Å². The number of aliphatic carboxylic acids is 2. The maximum Gasteiger partial charge on any atom is 0.317 e. The van der Waals surface area contributed by atoms with E-state index >= 15 is 0 Å². The summed E-state index contributed by atoms with van der Waals surface area (Å²) >= 11 is 0.928. The number of nitrogens with one attached hydrogen (secondary N) is 2. The lowest BCUT2D eigenvalue weighted by atomic mass is 10.0. The van der Waals surface area contributed by atoms with Gasteiger partial charge in [0.2, 0.25) is 5.91 Å². The van der Waals surface area contributed by atoms with Gasteiger partial charge in [0.1, 0.15) is 11.0 Å².